The van der Waals surface area contributed by atoms with Gasteiger partial charge in [-0.25, -0.2) is 4.79 Å². The van der Waals surface area contributed by atoms with Crippen LogP contribution in [0.3, 0.4) is 0 Å². The number of nitrogens with one attached hydrogen (secondary N) is 1. The molecule has 0 aliphatic rings. The maximum absolute atomic E-state index is 11.9. The van der Waals surface area contributed by atoms with Gasteiger partial charge >= 0.3 is 5.97 Å². The van der Waals surface area contributed by atoms with E-state index in [-0.39, 0.29) is 17.2 Å². The van der Waals surface area contributed by atoms with Gasteiger partial charge in [0.2, 0.25) is 0 Å². The Kier molecular flexibility index (Phi) is 6.21. The molecule has 0 aliphatic carbocycles. The molecule has 140 valence electrons. The van der Waals surface area contributed by atoms with Gasteiger partial charge in [0.25, 0.3) is 17.5 Å². The molecule has 0 saturated carbocycles. The summed E-state index contributed by atoms with van der Waals surface area (Å²) < 4.78 is 4.86. The monoisotopic (exact) mass is 371 g/mol. The van der Waals surface area contributed by atoms with Crippen LogP contribution < -0.4 is 5.32 Å². The van der Waals surface area contributed by atoms with E-state index in [9.17, 15) is 24.5 Å². The molecule has 1 N–H and O–H groups in total. The Labute approximate surface area is 154 Å². The molecule has 0 bridgehead atoms. The molecule has 0 fully saturated rings. The van der Waals surface area contributed by atoms with E-state index in [0.717, 1.165) is 6.07 Å². The molecule has 0 saturated heterocycles. The van der Waals surface area contributed by atoms with Crippen LogP contribution in [0.2, 0.25) is 0 Å². The summed E-state index contributed by atoms with van der Waals surface area (Å²) in [5.74, 6) is -1.60. The van der Waals surface area contributed by atoms with Gasteiger partial charge in [-0.05, 0) is 30.3 Å². The van der Waals surface area contributed by atoms with Gasteiger partial charge in [0.15, 0.2) is 6.61 Å². The lowest BCUT2D eigenvalue weighted by Gasteiger charge is -2.11. The molecule has 0 spiro atoms. The van der Waals surface area contributed by atoms with Gasteiger partial charge in [0.1, 0.15) is 0 Å². The number of ether oxygens (including phenoxy) is 1. The van der Waals surface area contributed by atoms with Crippen LogP contribution in [0.5, 0.6) is 0 Å². The second-order valence-corrected chi connectivity index (χ2v) is 5.71. The van der Waals surface area contributed by atoms with Crippen LogP contribution in [0.15, 0.2) is 48.5 Å². The van der Waals surface area contributed by atoms with Gasteiger partial charge in [-0.2, -0.15) is 0 Å². The smallest absolute Gasteiger partial charge is 0.338 e. The average Bonchev–Trinajstić information content (AvgIpc) is 2.66. The van der Waals surface area contributed by atoms with Crippen molar-refractivity contribution in [3.63, 3.8) is 0 Å². The summed E-state index contributed by atoms with van der Waals surface area (Å²) in [4.78, 5) is 47.1. The molecule has 9 nitrogen and oxygen atoms in total. The number of rotatable bonds is 6. The van der Waals surface area contributed by atoms with Crippen LogP contribution in [0, 0.1) is 10.1 Å². The number of benzene rings is 2. The van der Waals surface area contributed by atoms with E-state index in [1.165, 1.54) is 23.1 Å². The Morgan fingerprint density at radius 2 is 1.74 bits per heavy atom. The highest BCUT2D eigenvalue weighted by atomic mass is 16.6. The first-order valence-corrected chi connectivity index (χ1v) is 7.81. The molecular formula is C18H17N3O6. The van der Waals surface area contributed by atoms with E-state index < -0.39 is 23.4 Å². The number of hydrogen-bond donors (Lipinski definition) is 1. The second kappa shape index (κ2) is 8.56. The maximum atomic E-state index is 11.9. The van der Waals surface area contributed by atoms with E-state index in [1.807, 2.05) is 0 Å². The predicted molar refractivity (Wildman–Crippen MR) is 96.5 cm³/mol. The molecule has 27 heavy (non-hydrogen) atoms. The van der Waals surface area contributed by atoms with Crippen LogP contribution >= 0.6 is 0 Å². The highest BCUT2D eigenvalue weighted by Crippen LogP contribution is 2.14. The number of nitrogens with zero attached hydrogens (tertiary/aromatic N) is 2. The number of nitro groups is 1. The molecule has 0 aliphatic heterocycles. The van der Waals surface area contributed by atoms with Crippen LogP contribution in [0.1, 0.15) is 20.7 Å². The third-order valence-electron chi connectivity index (χ3n) is 3.45. The van der Waals surface area contributed by atoms with Gasteiger partial charge in [-0.1, -0.05) is 6.07 Å². The number of carbonyl (C=O) groups is 3. The van der Waals surface area contributed by atoms with Crippen LogP contribution in [-0.2, 0) is 9.53 Å². The van der Waals surface area contributed by atoms with E-state index in [4.69, 9.17) is 4.74 Å². The topological polar surface area (TPSA) is 119 Å². The van der Waals surface area contributed by atoms with Crippen LogP contribution in [0.25, 0.3) is 0 Å². The molecule has 0 atom stereocenters. The summed E-state index contributed by atoms with van der Waals surface area (Å²) >= 11 is 0. The van der Waals surface area contributed by atoms with Crippen molar-refractivity contribution in [3.05, 3.63) is 69.8 Å². The number of carbonyl (C=O) groups excluding carboxylic acids is 3. The largest absolute Gasteiger partial charge is 0.452 e. The molecule has 2 rings (SSSR count). The van der Waals surface area contributed by atoms with E-state index in [0.29, 0.717) is 11.3 Å². The van der Waals surface area contributed by atoms with Gasteiger partial charge < -0.3 is 15.0 Å². The number of amides is 2. The fourth-order valence-corrected chi connectivity index (χ4v) is 2.11. The van der Waals surface area contributed by atoms with E-state index in [1.54, 1.807) is 38.4 Å². The fourth-order valence-electron chi connectivity index (χ4n) is 2.11. The van der Waals surface area contributed by atoms with Gasteiger partial charge in [0.05, 0.1) is 10.5 Å². The Hall–Kier alpha value is -3.75. The molecule has 0 heterocycles. The van der Waals surface area contributed by atoms with Crippen molar-refractivity contribution in [2.75, 3.05) is 26.0 Å². The van der Waals surface area contributed by atoms with Crippen molar-refractivity contribution in [1.82, 2.24) is 4.90 Å². The molecule has 2 aromatic carbocycles. The van der Waals surface area contributed by atoms with Crippen molar-refractivity contribution < 1.29 is 24.0 Å². The molecule has 0 radical (unpaired) electrons. The predicted octanol–water partition coefficient (Wildman–Crippen LogP) is 2.09. The first-order valence-electron chi connectivity index (χ1n) is 7.81. The molecule has 0 aromatic heterocycles. The van der Waals surface area contributed by atoms with Crippen molar-refractivity contribution in [1.29, 1.82) is 0 Å². The van der Waals surface area contributed by atoms with Gasteiger partial charge in [-0.15, -0.1) is 0 Å². The normalized spacial score (nSPS) is 10.0. The number of hydrogen-bond acceptors (Lipinski definition) is 6. The van der Waals surface area contributed by atoms with Crippen LogP contribution in [-0.4, -0.2) is 48.3 Å². The zero-order valence-corrected chi connectivity index (χ0v) is 14.7. The van der Waals surface area contributed by atoms with E-state index in [2.05, 4.69) is 5.32 Å². The van der Waals surface area contributed by atoms with Crippen molar-refractivity contribution in [2.24, 2.45) is 0 Å². The van der Waals surface area contributed by atoms with Crippen molar-refractivity contribution >= 4 is 29.2 Å². The standard InChI is InChI=1S/C18H17N3O6/c1-20(2)17(23)12-6-8-14(9-7-12)19-16(22)11-27-18(24)13-4-3-5-15(10-13)21(25)26/h3-10H,11H2,1-2H3,(H,19,22). The highest BCUT2D eigenvalue weighted by Gasteiger charge is 2.14. The van der Waals surface area contributed by atoms with Gasteiger partial charge in [-0.3, -0.25) is 19.7 Å². The minimum absolute atomic E-state index is 0.0245. The number of non-ortho nitro benzene ring substituents is 1. The zero-order chi connectivity index (χ0) is 20.0. The first kappa shape index (κ1) is 19.6. The van der Waals surface area contributed by atoms with Crippen molar-refractivity contribution in [2.45, 2.75) is 0 Å². The Balaban J connectivity index is 1.90. The number of anilines is 1. The third kappa shape index (κ3) is 5.36. The van der Waals surface area contributed by atoms with E-state index >= 15 is 0 Å². The molecule has 2 amide bonds. The summed E-state index contributed by atoms with van der Waals surface area (Å²) in [6.45, 7) is -0.556. The zero-order valence-electron chi connectivity index (χ0n) is 14.7. The lowest BCUT2D eigenvalue weighted by Crippen LogP contribution is -2.22. The first-order chi connectivity index (χ1) is 12.8. The Morgan fingerprint density at radius 1 is 1.07 bits per heavy atom. The van der Waals surface area contributed by atoms with Crippen molar-refractivity contribution in [3.8, 4) is 0 Å². The minimum atomic E-state index is -0.847. The number of nitro benzene ring substituents is 1. The lowest BCUT2D eigenvalue weighted by atomic mass is 10.2. The number of esters is 1. The highest BCUT2D eigenvalue weighted by molar-refractivity contribution is 5.97. The Bertz CT molecular complexity index is 877. The SMILES string of the molecule is CN(C)C(=O)c1ccc(NC(=O)COC(=O)c2cccc([N+](=O)[O-])c2)cc1. The second-order valence-electron chi connectivity index (χ2n) is 5.71. The summed E-state index contributed by atoms with van der Waals surface area (Å²) in [7, 11) is 3.27. The quantitative estimate of drug-likeness (QED) is 0.472. The summed E-state index contributed by atoms with van der Waals surface area (Å²) in [5.41, 5.74) is 0.626. The lowest BCUT2D eigenvalue weighted by molar-refractivity contribution is -0.384. The maximum Gasteiger partial charge on any atom is 0.338 e. The molecule has 2 aromatic rings. The molecular weight excluding hydrogens is 354 g/mol. The average molecular weight is 371 g/mol. The van der Waals surface area contributed by atoms with Crippen LogP contribution in [0.4, 0.5) is 11.4 Å². The summed E-state index contributed by atoms with van der Waals surface area (Å²) in [6, 6.07) is 11.3. The minimum Gasteiger partial charge on any atom is -0.452 e. The Morgan fingerprint density at radius 3 is 2.33 bits per heavy atom. The summed E-state index contributed by atoms with van der Waals surface area (Å²) in [5, 5.41) is 13.2. The fraction of sp³-hybridized carbons (Fsp3) is 0.167. The molecule has 9 heteroatoms. The van der Waals surface area contributed by atoms with Gasteiger partial charge in [0, 0.05) is 37.5 Å². The molecule has 0 unspecified atom stereocenters. The summed E-state index contributed by atoms with van der Waals surface area (Å²) in [6.07, 6.45) is 0. The third-order valence-corrected chi connectivity index (χ3v) is 3.45.